The third kappa shape index (κ3) is 4.87. The number of fused-ring (bicyclic) bond motifs is 1. The Bertz CT molecular complexity index is 1580. The number of carboxylic acids is 1. The second-order valence-electron chi connectivity index (χ2n) is 9.36. The van der Waals surface area contributed by atoms with Gasteiger partial charge in [0.05, 0.1) is 22.5 Å². The fourth-order valence-electron chi connectivity index (χ4n) is 4.77. The normalized spacial score (nSPS) is 14.5. The van der Waals surface area contributed by atoms with E-state index in [1.165, 1.54) is 0 Å². The molecule has 0 bridgehead atoms. The van der Waals surface area contributed by atoms with E-state index in [4.69, 9.17) is 16.6 Å². The van der Waals surface area contributed by atoms with Crippen LogP contribution in [-0.2, 0) is 7.05 Å². The van der Waals surface area contributed by atoms with Gasteiger partial charge in [0.15, 0.2) is 0 Å². The van der Waals surface area contributed by atoms with Crippen LogP contribution >= 0.6 is 11.6 Å². The smallest absolute Gasteiger partial charge is 0.337 e. The number of carboxylic acid groups (broad SMARTS) is 1. The molecule has 4 aromatic rings. The number of nitrogens with zero attached hydrogens (tertiary/aromatic N) is 6. The van der Waals surface area contributed by atoms with Crippen molar-refractivity contribution >= 4 is 46.1 Å². The maximum absolute atomic E-state index is 13.5. The summed E-state index contributed by atoms with van der Waals surface area (Å²) in [5, 5.41) is 13.7. The van der Waals surface area contributed by atoms with E-state index in [9.17, 15) is 14.7 Å². The molecule has 0 saturated carbocycles. The van der Waals surface area contributed by atoms with Crippen molar-refractivity contribution < 1.29 is 9.90 Å². The lowest BCUT2D eigenvalue weighted by Crippen LogP contribution is -2.48. The Morgan fingerprint density at radius 2 is 1.79 bits per heavy atom. The molecule has 38 heavy (non-hydrogen) atoms. The fraction of sp³-hybridized carbons (Fsp3) is 0.296. The molecule has 5 rings (SSSR count). The minimum absolute atomic E-state index is 0.158. The van der Waals surface area contributed by atoms with E-state index in [2.05, 4.69) is 25.1 Å². The molecule has 1 aliphatic rings. The van der Waals surface area contributed by atoms with Crippen LogP contribution in [0.15, 0.2) is 53.5 Å². The van der Waals surface area contributed by atoms with E-state index in [1.54, 1.807) is 54.2 Å². The summed E-state index contributed by atoms with van der Waals surface area (Å²) in [7, 11) is 1.71. The lowest BCUT2D eigenvalue weighted by Gasteiger charge is -2.36. The summed E-state index contributed by atoms with van der Waals surface area (Å²) in [4.78, 5) is 43.2. The van der Waals surface area contributed by atoms with E-state index < -0.39 is 5.97 Å². The van der Waals surface area contributed by atoms with Gasteiger partial charge in [-0.25, -0.2) is 19.7 Å². The SMILES string of the molecule is Cc1ccnc(N2CCN(c3nc4c([C@@H](C)Nc5ccccc5C(=O)O)cc(Cl)cc4c(=O)n3C)CC2)n1. The summed E-state index contributed by atoms with van der Waals surface area (Å²) >= 11 is 6.43. The number of aromatic nitrogens is 4. The maximum Gasteiger partial charge on any atom is 0.337 e. The van der Waals surface area contributed by atoms with E-state index in [0.717, 1.165) is 5.69 Å². The fourth-order valence-corrected chi connectivity index (χ4v) is 5.00. The molecule has 1 fully saturated rings. The van der Waals surface area contributed by atoms with Crippen LogP contribution in [0.1, 0.15) is 34.6 Å². The number of piperazine rings is 1. The first kappa shape index (κ1) is 25.5. The molecule has 2 aromatic heterocycles. The number of carbonyl (C=O) groups is 1. The third-order valence-electron chi connectivity index (χ3n) is 6.77. The highest BCUT2D eigenvalue weighted by Gasteiger charge is 2.24. The minimum Gasteiger partial charge on any atom is -0.478 e. The van der Waals surface area contributed by atoms with Crippen molar-refractivity contribution in [1.29, 1.82) is 0 Å². The zero-order chi connectivity index (χ0) is 27.0. The third-order valence-corrected chi connectivity index (χ3v) is 6.99. The van der Waals surface area contributed by atoms with Crippen molar-refractivity contribution in [1.82, 2.24) is 19.5 Å². The van der Waals surface area contributed by atoms with Gasteiger partial charge in [0, 0.05) is 61.4 Å². The van der Waals surface area contributed by atoms with Gasteiger partial charge in [0.1, 0.15) is 0 Å². The van der Waals surface area contributed by atoms with Gasteiger partial charge in [-0.15, -0.1) is 0 Å². The molecule has 0 aliphatic carbocycles. The number of hydrogen-bond donors (Lipinski definition) is 2. The van der Waals surface area contributed by atoms with Gasteiger partial charge in [0.25, 0.3) is 5.56 Å². The zero-order valence-electron chi connectivity index (χ0n) is 21.3. The van der Waals surface area contributed by atoms with Crippen LogP contribution in [0, 0.1) is 6.92 Å². The Hall–Kier alpha value is -4.18. The molecule has 10 nitrogen and oxygen atoms in total. The largest absolute Gasteiger partial charge is 0.478 e. The van der Waals surface area contributed by atoms with Crippen LogP contribution in [-0.4, -0.2) is 56.8 Å². The summed E-state index contributed by atoms with van der Waals surface area (Å²) in [6.45, 7) is 6.50. The Morgan fingerprint density at radius 3 is 2.50 bits per heavy atom. The average molecular weight is 534 g/mol. The van der Waals surface area contributed by atoms with Gasteiger partial charge in [-0.2, -0.15) is 0 Å². The Kier molecular flexibility index (Phi) is 6.90. The van der Waals surface area contributed by atoms with Crippen LogP contribution in [0.3, 0.4) is 0 Å². The molecule has 0 unspecified atom stereocenters. The molecule has 0 radical (unpaired) electrons. The van der Waals surface area contributed by atoms with Gasteiger partial charge >= 0.3 is 5.97 Å². The molecule has 196 valence electrons. The molecule has 11 heteroatoms. The monoisotopic (exact) mass is 533 g/mol. The number of aromatic carboxylic acids is 1. The molecular weight excluding hydrogens is 506 g/mol. The van der Waals surface area contributed by atoms with Gasteiger partial charge in [-0.3, -0.25) is 9.36 Å². The first-order valence-corrected chi connectivity index (χ1v) is 12.7. The van der Waals surface area contributed by atoms with Crippen molar-refractivity contribution in [3.05, 3.63) is 80.9 Å². The zero-order valence-corrected chi connectivity index (χ0v) is 22.1. The van der Waals surface area contributed by atoms with E-state index >= 15 is 0 Å². The second-order valence-corrected chi connectivity index (χ2v) is 9.79. The summed E-state index contributed by atoms with van der Waals surface area (Å²) in [6, 6.07) is 11.6. The Balaban J connectivity index is 1.49. The predicted molar refractivity (Wildman–Crippen MR) is 149 cm³/mol. The van der Waals surface area contributed by atoms with Gasteiger partial charge in [-0.1, -0.05) is 23.7 Å². The average Bonchev–Trinajstić information content (AvgIpc) is 2.91. The number of para-hydroxylation sites is 1. The van der Waals surface area contributed by atoms with Gasteiger partial charge in [0.2, 0.25) is 11.9 Å². The Morgan fingerprint density at radius 1 is 1.08 bits per heavy atom. The summed E-state index contributed by atoms with van der Waals surface area (Å²) in [5.74, 6) is 0.234. The molecule has 1 atom stereocenters. The summed E-state index contributed by atoms with van der Waals surface area (Å²) < 4.78 is 1.55. The predicted octanol–water partition coefficient (Wildman–Crippen LogP) is 3.88. The number of rotatable bonds is 6. The quantitative estimate of drug-likeness (QED) is 0.380. The van der Waals surface area contributed by atoms with Crippen molar-refractivity contribution in [2.45, 2.75) is 19.9 Å². The van der Waals surface area contributed by atoms with Crippen molar-refractivity contribution in [2.75, 3.05) is 41.3 Å². The lowest BCUT2D eigenvalue weighted by atomic mass is 10.0. The lowest BCUT2D eigenvalue weighted by molar-refractivity contribution is 0.0698. The molecule has 1 aliphatic heterocycles. The number of benzene rings is 2. The van der Waals surface area contributed by atoms with E-state index in [0.29, 0.717) is 65.3 Å². The molecule has 1 saturated heterocycles. The van der Waals surface area contributed by atoms with Gasteiger partial charge < -0.3 is 20.2 Å². The highest BCUT2D eigenvalue weighted by atomic mass is 35.5. The van der Waals surface area contributed by atoms with Crippen molar-refractivity contribution in [3.8, 4) is 0 Å². The topological polar surface area (TPSA) is 116 Å². The first-order valence-electron chi connectivity index (χ1n) is 12.3. The van der Waals surface area contributed by atoms with Crippen LogP contribution in [0.5, 0.6) is 0 Å². The minimum atomic E-state index is -1.03. The van der Waals surface area contributed by atoms with Crippen LogP contribution in [0.2, 0.25) is 5.02 Å². The van der Waals surface area contributed by atoms with Crippen molar-refractivity contribution in [3.63, 3.8) is 0 Å². The number of halogens is 1. The number of aryl methyl sites for hydroxylation is 1. The van der Waals surface area contributed by atoms with Crippen LogP contribution in [0.25, 0.3) is 10.9 Å². The van der Waals surface area contributed by atoms with E-state index in [1.807, 2.05) is 19.9 Å². The van der Waals surface area contributed by atoms with E-state index in [-0.39, 0.29) is 17.2 Å². The molecule has 2 aromatic carbocycles. The molecule has 0 amide bonds. The highest BCUT2D eigenvalue weighted by molar-refractivity contribution is 6.31. The second kappa shape index (κ2) is 10.3. The van der Waals surface area contributed by atoms with Gasteiger partial charge in [-0.05, 0) is 44.2 Å². The standard InChI is InChI=1S/C27H28ClN7O3/c1-16-8-9-29-26(30-16)34-10-12-35(13-11-34)27-32-23-20(14-18(28)15-21(23)24(36)33(27)3)17(2)31-22-7-5-4-6-19(22)25(37)38/h4-9,14-15,17,31H,10-13H2,1-3H3,(H,37,38)/t17-/m1/s1. The van der Waals surface area contributed by atoms with Crippen LogP contribution in [0.4, 0.5) is 17.6 Å². The van der Waals surface area contributed by atoms with Crippen LogP contribution < -0.4 is 20.7 Å². The molecule has 0 spiro atoms. The first-order chi connectivity index (χ1) is 18.2. The molecular formula is C27H28ClN7O3. The molecule has 2 N–H and O–H groups in total. The number of nitrogens with one attached hydrogen (secondary N) is 1. The highest BCUT2D eigenvalue weighted by Crippen LogP contribution is 2.30. The number of hydrogen-bond acceptors (Lipinski definition) is 8. The maximum atomic E-state index is 13.5. The Labute approximate surface area is 224 Å². The van der Waals surface area contributed by atoms with Crippen molar-refractivity contribution in [2.24, 2.45) is 7.05 Å². The number of anilines is 3. The molecule has 3 heterocycles. The summed E-state index contributed by atoms with van der Waals surface area (Å²) in [5.41, 5.74) is 2.58. The summed E-state index contributed by atoms with van der Waals surface area (Å²) in [6.07, 6.45) is 1.76.